The van der Waals surface area contributed by atoms with Gasteiger partial charge in [0.05, 0.1) is 5.69 Å². The highest BCUT2D eigenvalue weighted by Crippen LogP contribution is 2.38. The minimum atomic E-state index is -0.203. The van der Waals surface area contributed by atoms with Crippen LogP contribution < -0.4 is 5.32 Å². The number of nitrogens with one attached hydrogen (secondary N) is 1. The third kappa shape index (κ3) is 4.55. The Hall–Kier alpha value is -2.09. The number of allylic oxidation sites excluding steroid dienone is 2. The van der Waals surface area contributed by atoms with Gasteiger partial charge in [0.2, 0.25) is 0 Å². The van der Waals surface area contributed by atoms with E-state index in [1.807, 2.05) is 6.07 Å². The summed E-state index contributed by atoms with van der Waals surface area (Å²) in [7, 11) is 1.74. The third-order valence-corrected chi connectivity index (χ3v) is 5.78. The molecule has 0 atom stereocenters. The molecule has 0 unspecified atom stereocenters. The number of anilines is 1. The molecule has 2 aromatic rings. The summed E-state index contributed by atoms with van der Waals surface area (Å²) in [5, 5.41) is 2.87. The largest absolute Gasteiger partial charge is 0.386 e. The summed E-state index contributed by atoms with van der Waals surface area (Å²) in [6, 6.07) is 14.1. The zero-order valence-corrected chi connectivity index (χ0v) is 16.0. The fraction of sp³-hybridized carbons (Fsp3) is 0.417. The van der Waals surface area contributed by atoms with Crippen LogP contribution in [-0.2, 0) is 0 Å². The highest BCUT2D eigenvalue weighted by atomic mass is 19.1. The zero-order valence-electron chi connectivity index (χ0n) is 16.0. The van der Waals surface area contributed by atoms with Gasteiger partial charge in [-0.05, 0) is 86.1 Å². The van der Waals surface area contributed by atoms with Crippen molar-refractivity contribution in [2.75, 3.05) is 12.4 Å². The predicted molar refractivity (Wildman–Crippen MR) is 110 cm³/mol. The van der Waals surface area contributed by atoms with E-state index in [4.69, 9.17) is 0 Å². The topological polar surface area (TPSA) is 12.0 Å². The first-order chi connectivity index (χ1) is 12.7. The Morgan fingerprint density at radius 3 is 2.31 bits per heavy atom. The lowest BCUT2D eigenvalue weighted by Gasteiger charge is -2.28. The number of halogens is 1. The Morgan fingerprint density at radius 1 is 1.00 bits per heavy atom. The molecule has 0 aromatic heterocycles. The maximum Gasteiger partial charge on any atom is 0.146 e. The molecule has 26 heavy (non-hydrogen) atoms. The van der Waals surface area contributed by atoms with Crippen LogP contribution in [0.4, 0.5) is 10.1 Å². The van der Waals surface area contributed by atoms with Gasteiger partial charge in [0.15, 0.2) is 0 Å². The van der Waals surface area contributed by atoms with Crippen molar-refractivity contribution in [2.24, 2.45) is 5.92 Å². The maximum atomic E-state index is 14.0. The average molecular weight is 352 g/mol. The molecule has 0 aliphatic heterocycles. The van der Waals surface area contributed by atoms with Crippen LogP contribution in [0.3, 0.4) is 0 Å². The van der Waals surface area contributed by atoms with E-state index < -0.39 is 0 Å². The van der Waals surface area contributed by atoms with Crippen molar-refractivity contribution in [1.82, 2.24) is 0 Å². The fourth-order valence-corrected chi connectivity index (χ4v) is 4.13. The molecule has 0 amide bonds. The number of benzene rings is 2. The summed E-state index contributed by atoms with van der Waals surface area (Å²) >= 11 is 0. The molecule has 1 N–H and O–H groups in total. The summed E-state index contributed by atoms with van der Waals surface area (Å²) in [4.78, 5) is 0. The number of rotatable bonds is 6. The molecule has 0 saturated heterocycles. The molecule has 1 fully saturated rings. The van der Waals surface area contributed by atoms with Crippen LogP contribution in [0.25, 0.3) is 11.1 Å². The van der Waals surface area contributed by atoms with Gasteiger partial charge in [-0.15, -0.1) is 0 Å². The van der Waals surface area contributed by atoms with E-state index in [9.17, 15) is 4.39 Å². The van der Waals surface area contributed by atoms with Gasteiger partial charge >= 0.3 is 0 Å². The quantitative estimate of drug-likeness (QED) is 0.544. The smallest absolute Gasteiger partial charge is 0.146 e. The van der Waals surface area contributed by atoms with E-state index in [1.54, 1.807) is 19.2 Å². The first-order valence-corrected chi connectivity index (χ1v) is 9.90. The summed E-state index contributed by atoms with van der Waals surface area (Å²) in [6.45, 7) is 2.10. The van der Waals surface area contributed by atoms with E-state index in [0.717, 1.165) is 17.0 Å². The Balaban J connectivity index is 1.61. The second-order valence-electron chi connectivity index (χ2n) is 7.43. The van der Waals surface area contributed by atoms with E-state index in [-0.39, 0.29) is 5.82 Å². The van der Waals surface area contributed by atoms with Crippen LogP contribution in [0.1, 0.15) is 56.9 Å². The van der Waals surface area contributed by atoms with E-state index in [2.05, 4.69) is 48.7 Å². The molecule has 1 saturated carbocycles. The van der Waals surface area contributed by atoms with Crippen molar-refractivity contribution in [1.29, 1.82) is 0 Å². The second-order valence-corrected chi connectivity index (χ2v) is 7.43. The molecule has 1 aliphatic rings. The van der Waals surface area contributed by atoms with Crippen molar-refractivity contribution < 1.29 is 4.39 Å². The van der Waals surface area contributed by atoms with Crippen LogP contribution in [0, 0.1) is 11.7 Å². The minimum absolute atomic E-state index is 0.203. The van der Waals surface area contributed by atoms with Crippen LogP contribution in [0.2, 0.25) is 0 Å². The summed E-state index contributed by atoms with van der Waals surface area (Å²) < 4.78 is 14.0. The fourth-order valence-electron chi connectivity index (χ4n) is 4.13. The van der Waals surface area contributed by atoms with Crippen molar-refractivity contribution in [3.63, 3.8) is 0 Å². The maximum absolute atomic E-state index is 14.0. The van der Waals surface area contributed by atoms with Gasteiger partial charge in [0, 0.05) is 7.05 Å². The van der Waals surface area contributed by atoms with Gasteiger partial charge in [-0.3, -0.25) is 0 Å². The van der Waals surface area contributed by atoms with Crippen LogP contribution >= 0.6 is 0 Å². The first-order valence-electron chi connectivity index (χ1n) is 9.90. The molecule has 3 rings (SSSR count). The van der Waals surface area contributed by atoms with Crippen LogP contribution in [-0.4, -0.2) is 7.05 Å². The van der Waals surface area contributed by atoms with Gasteiger partial charge in [-0.25, -0.2) is 4.39 Å². The monoisotopic (exact) mass is 351 g/mol. The normalized spacial score (nSPS) is 20.4. The molecule has 2 heteroatoms. The molecule has 0 bridgehead atoms. The molecule has 0 heterocycles. The standard InChI is InChI=1S/C24H30FN/c1-3-4-5-6-18-7-9-19(10-8-18)20-11-13-21(14-12-20)22-15-16-24(26-2)23(25)17-22/h3-4,11-19,26H,5-10H2,1-2H3/b4-3+. The molecule has 1 aliphatic carbocycles. The van der Waals surface area contributed by atoms with Crippen molar-refractivity contribution >= 4 is 5.69 Å². The van der Waals surface area contributed by atoms with E-state index in [0.29, 0.717) is 11.6 Å². The number of hydrogen-bond acceptors (Lipinski definition) is 1. The van der Waals surface area contributed by atoms with Gasteiger partial charge in [0.1, 0.15) is 5.82 Å². The zero-order chi connectivity index (χ0) is 18.4. The minimum Gasteiger partial charge on any atom is -0.386 e. The van der Waals surface area contributed by atoms with Gasteiger partial charge in [0.25, 0.3) is 0 Å². The Bertz CT molecular complexity index is 724. The highest BCUT2D eigenvalue weighted by molar-refractivity contribution is 5.66. The van der Waals surface area contributed by atoms with E-state index in [1.165, 1.54) is 44.1 Å². The Morgan fingerprint density at radius 2 is 1.69 bits per heavy atom. The lowest BCUT2D eigenvalue weighted by molar-refractivity contribution is 0.312. The van der Waals surface area contributed by atoms with Crippen LogP contribution in [0.5, 0.6) is 0 Å². The van der Waals surface area contributed by atoms with Gasteiger partial charge in [-0.2, -0.15) is 0 Å². The van der Waals surface area contributed by atoms with Crippen molar-refractivity contribution in [2.45, 2.75) is 51.4 Å². The highest BCUT2D eigenvalue weighted by Gasteiger charge is 2.21. The predicted octanol–water partition coefficient (Wildman–Crippen LogP) is 7.16. The Kier molecular flexibility index (Phi) is 6.49. The van der Waals surface area contributed by atoms with Crippen LogP contribution in [0.15, 0.2) is 54.6 Å². The van der Waals surface area contributed by atoms with Gasteiger partial charge in [-0.1, -0.05) is 42.5 Å². The summed E-state index contributed by atoms with van der Waals surface area (Å²) in [5.74, 6) is 1.38. The SMILES string of the molecule is C/C=C/CCC1CCC(c2ccc(-c3ccc(NC)c(F)c3)cc2)CC1. The summed E-state index contributed by atoms with van der Waals surface area (Å²) in [5.41, 5.74) is 3.99. The lowest BCUT2D eigenvalue weighted by atomic mass is 9.77. The average Bonchev–Trinajstić information content (AvgIpc) is 2.69. The summed E-state index contributed by atoms with van der Waals surface area (Å²) in [6.07, 6.45) is 12.3. The molecule has 138 valence electrons. The molecule has 0 radical (unpaired) electrons. The van der Waals surface area contributed by atoms with E-state index >= 15 is 0 Å². The molecule has 2 aromatic carbocycles. The molecular weight excluding hydrogens is 321 g/mol. The lowest BCUT2D eigenvalue weighted by Crippen LogP contribution is -2.13. The Labute approximate surface area is 157 Å². The number of hydrogen-bond donors (Lipinski definition) is 1. The van der Waals surface area contributed by atoms with Crippen molar-refractivity contribution in [3.8, 4) is 11.1 Å². The second kappa shape index (κ2) is 9.02. The molecular formula is C24H30FN. The first kappa shape index (κ1) is 18.7. The third-order valence-electron chi connectivity index (χ3n) is 5.78. The van der Waals surface area contributed by atoms with Crippen molar-refractivity contribution in [3.05, 3.63) is 66.0 Å². The van der Waals surface area contributed by atoms with Gasteiger partial charge < -0.3 is 5.32 Å². The molecule has 0 spiro atoms. The molecule has 1 nitrogen and oxygen atoms in total.